The van der Waals surface area contributed by atoms with Gasteiger partial charge in [0.25, 0.3) is 0 Å². The highest BCUT2D eigenvalue weighted by molar-refractivity contribution is 5.79. The summed E-state index contributed by atoms with van der Waals surface area (Å²) in [4.78, 5) is 22.1. The van der Waals surface area contributed by atoms with E-state index in [2.05, 4.69) is 0 Å². The zero-order valence-electron chi connectivity index (χ0n) is 19.5. The van der Waals surface area contributed by atoms with Gasteiger partial charge in [0.1, 0.15) is 34.9 Å². The molecule has 0 spiro atoms. The summed E-state index contributed by atoms with van der Waals surface area (Å²) in [5, 5.41) is 11.2. The topological polar surface area (TPSA) is 103 Å². The fourth-order valence-electron chi connectivity index (χ4n) is 3.90. The highest BCUT2D eigenvalue weighted by Crippen LogP contribution is 2.41. The number of hydrogen-bond acceptors (Lipinski definition) is 8. The summed E-state index contributed by atoms with van der Waals surface area (Å²) in [6.07, 6.45) is 0. The SMILES string of the molecule is CN1c2cccc(n2)N(C)c2cccc(n2)N(C)c2cccc(c2O)N(C)c2cccc1n2.O. The molecule has 0 saturated heterocycles. The molecule has 1 aromatic carbocycles. The van der Waals surface area contributed by atoms with Crippen molar-refractivity contribution in [3.63, 3.8) is 0 Å². The Morgan fingerprint density at radius 1 is 0.471 bits per heavy atom. The van der Waals surface area contributed by atoms with Crippen LogP contribution in [0, 0.1) is 0 Å². The molecule has 1 aliphatic heterocycles. The highest BCUT2D eigenvalue weighted by atomic mass is 16.3. The molecule has 0 amide bonds. The molecule has 5 rings (SSSR count). The Balaban J connectivity index is 0.00000274. The molecule has 3 aromatic heterocycles. The summed E-state index contributed by atoms with van der Waals surface area (Å²) in [6, 6.07) is 23.1. The number of nitrogens with zero attached hydrogens (tertiary/aromatic N) is 7. The molecule has 9 heteroatoms. The molecule has 1 aliphatic rings. The molecule has 34 heavy (non-hydrogen) atoms. The van der Waals surface area contributed by atoms with Crippen LogP contribution >= 0.6 is 0 Å². The van der Waals surface area contributed by atoms with Crippen LogP contribution in [0.1, 0.15) is 0 Å². The van der Waals surface area contributed by atoms with Gasteiger partial charge in [0.2, 0.25) is 0 Å². The summed E-state index contributed by atoms with van der Waals surface area (Å²) >= 11 is 0. The summed E-state index contributed by atoms with van der Waals surface area (Å²) in [5.41, 5.74) is 1.29. The number of phenolic OH excluding ortho intramolecular Hbond substituents is 1. The van der Waals surface area contributed by atoms with Gasteiger partial charge in [-0.2, -0.15) is 0 Å². The van der Waals surface area contributed by atoms with Gasteiger partial charge in [-0.25, -0.2) is 15.0 Å². The minimum absolute atomic E-state index is 0. The normalized spacial score (nSPS) is 12.9. The summed E-state index contributed by atoms with van der Waals surface area (Å²) in [5.74, 6) is 4.57. The van der Waals surface area contributed by atoms with Crippen LogP contribution < -0.4 is 19.6 Å². The molecule has 9 nitrogen and oxygen atoms in total. The molecule has 4 aromatic rings. The van der Waals surface area contributed by atoms with Crippen LogP contribution in [0.4, 0.5) is 46.3 Å². The molecule has 0 radical (unpaired) electrons. The molecule has 0 fully saturated rings. The van der Waals surface area contributed by atoms with Crippen molar-refractivity contribution in [2.75, 3.05) is 47.8 Å². The van der Waals surface area contributed by atoms with E-state index in [0.717, 1.165) is 23.3 Å². The maximum atomic E-state index is 11.2. The number of anilines is 8. The van der Waals surface area contributed by atoms with E-state index >= 15 is 0 Å². The quantitative estimate of drug-likeness (QED) is 0.420. The van der Waals surface area contributed by atoms with Gasteiger partial charge in [0.15, 0.2) is 5.75 Å². The van der Waals surface area contributed by atoms with Gasteiger partial charge in [0, 0.05) is 28.2 Å². The van der Waals surface area contributed by atoms with Gasteiger partial charge in [0.05, 0.1) is 11.4 Å². The first-order valence-electron chi connectivity index (χ1n) is 10.6. The minimum Gasteiger partial charge on any atom is -0.504 e. The molecule has 0 atom stereocenters. The van der Waals surface area contributed by atoms with Crippen molar-refractivity contribution in [2.45, 2.75) is 0 Å². The maximum Gasteiger partial charge on any atom is 0.163 e. The van der Waals surface area contributed by atoms with Crippen LogP contribution in [0.5, 0.6) is 5.75 Å². The monoisotopic (exact) mass is 457 g/mol. The number of pyridine rings is 3. The zero-order chi connectivity index (χ0) is 23.1. The van der Waals surface area contributed by atoms with Crippen molar-refractivity contribution >= 4 is 46.3 Å². The van der Waals surface area contributed by atoms with E-state index in [1.807, 2.05) is 121 Å². The second-order valence-corrected chi connectivity index (χ2v) is 7.94. The smallest absolute Gasteiger partial charge is 0.163 e. The predicted octanol–water partition coefficient (Wildman–Crippen LogP) is 4.14. The first-order chi connectivity index (χ1) is 15.9. The van der Waals surface area contributed by atoms with E-state index in [0.29, 0.717) is 23.0 Å². The average Bonchev–Trinajstić information content (AvgIpc) is 2.87. The molecular weight excluding hydrogens is 430 g/mol. The maximum absolute atomic E-state index is 11.2. The molecular formula is C25H27N7O2. The zero-order valence-corrected chi connectivity index (χ0v) is 19.5. The third-order valence-electron chi connectivity index (χ3n) is 5.94. The fraction of sp³-hybridized carbons (Fsp3) is 0.160. The Bertz CT molecular complexity index is 1240. The molecule has 174 valence electrons. The van der Waals surface area contributed by atoms with Crippen LogP contribution in [-0.4, -0.2) is 53.7 Å². The number of fused-ring (bicyclic) bond motifs is 8. The Kier molecular flexibility index (Phi) is 5.95. The minimum atomic E-state index is 0. The van der Waals surface area contributed by atoms with Crippen LogP contribution in [0.3, 0.4) is 0 Å². The molecule has 3 N–H and O–H groups in total. The molecule has 0 unspecified atom stereocenters. The van der Waals surface area contributed by atoms with Crippen LogP contribution in [-0.2, 0) is 0 Å². The third-order valence-corrected chi connectivity index (χ3v) is 5.94. The van der Waals surface area contributed by atoms with Crippen molar-refractivity contribution in [1.29, 1.82) is 0 Å². The van der Waals surface area contributed by atoms with Crippen LogP contribution in [0.25, 0.3) is 0 Å². The summed E-state index contributed by atoms with van der Waals surface area (Å²) in [7, 11) is 7.65. The van der Waals surface area contributed by atoms with Crippen LogP contribution in [0.2, 0.25) is 0 Å². The number of hydrogen-bond donors (Lipinski definition) is 1. The van der Waals surface area contributed by atoms with Crippen molar-refractivity contribution in [1.82, 2.24) is 15.0 Å². The molecule has 8 bridgehead atoms. The lowest BCUT2D eigenvalue weighted by atomic mass is 10.2. The second kappa shape index (κ2) is 8.87. The first-order valence-corrected chi connectivity index (χ1v) is 10.6. The Labute approximate surface area is 198 Å². The lowest BCUT2D eigenvalue weighted by Crippen LogP contribution is -2.20. The largest absolute Gasteiger partial charge is 0.504 e. The second-order valence-electron chi connectivity index (χ2n) is 7.94. The number of phenols is 1. The first kappa shape index (κ1) is 22.8. The lowest BCUT2D eigenvalue weighted by molar-refractivity contribution is 0.477. The fourth-order valence-corrected chi connectivity index (χ4v) is 3.90. The van der Waals surface area contributed by atoms with Gasteiger partial charge < -0.3 is 30.2 Å². The van der Waals surface area contributed by atoms with Crippen molar-refractivity contribution in [2.24, 2.45) is 0 Å². The Morgan fingerprint density at radius 3 is 1.06 bits per heavy atom. The van der Waals surface area contributed by atoms with Gasteiger partial charge in [-0.05, 0) is 48.5 Å². The van der Waals surface area contributed by atoms with Gasteiger partial charge in [-0.15, -0.1) is 0 Å². The van der Waals surface area contributed by atoms with E-state index < -0.39 is 0 Å². The van der Waals surface area contributed by atoms with Gasteiger partial charge >= 0.3 is 0 Å². The van der Waals surface area contributed by atoms with Crippen molar-refractivity contribution in [3.8, 4) is 5.75 Å². The Morgan fingerprint density at radius 2 is 0.735 bits per heavy atom. The van der Waals surface area contributed by atoms with E-state index in [9.17, 15) is 5.11 Å². The Hall–Kier alpha value is -4.37. The highest BCUT2D eigenvalue weighted by Gasteiger charge is 2.20. The summed E-state index contributed by atoms with van der Waals surface area (Å²) in [6.45, 7) is 0. The van der Waals surface area contributed by atoms with E-state index in [-0.39, 0.29) is 11.2 Å². The number of para-hydroxylation sites is 1. The number of rotatable bonds is 0. The molecule has 0 saturated carbocycles. The van der Waals surface area contributed by atoms with E-state index in [1.165, 1.54) is 0 Å². The molecule has 0 aliphatic carbocycles. The standard InChI is InChI=1S/C25H25N7O.H2O/c1-29-17-9-5-10-18(25(17)33)30(2)20-12-7-14-22(27-20)32(4)24-16-8-15-23(28-24)31(3)21-13-6-11-19(29)26-21;/h5-16,33H,1-4H3;1H2. The van der Waals surface area contributed by atoms with E-state index in [4.69, 9.17) is 15.0 Å². The van der Waals surface area contributed by atoms with Gasteiger partial charge in [-0.1, -0.05) is 24.3 Å². The summed E-state index contributed by atoms with van der Waals surface area (Å²) < 4.78 is 0. The number of aromatic nitrogens is 3. The van der Waals surface area contributed by atoms with Crippen molar-refractivity contribution < 1.29 is 10.6 Å². The number of aromatic hydroxyl groups is 1. The van der Waals surface area contributed by atoms with E-state index in [1.54, 1.807) is 0 Å². The van der Waals surface area contributed by atoms with Crippen LogP contribution in [0.15, 0.2) is 72.8 Å². The number of benzene rings is 1. The predicted molar refractivity (Wildman–Crippen MR) is 137 cm³/mol. The molecule has 4 heterocycles. The van der Waals surface area contributed by atoms with Crippen molar-refractivity contribution in [3.05, 3.63) is 72.8 Å². The van der Waals surface area contributed by atoms with Gasteiger partial charge in [-0.3, -0.25) is 0 Å². The third kappa shape index (κ3) is 3.82. The average molecular weight is 458 g/mol. The lowest BCUT2D eigenvalue weighted by Gasteiger charge is -2.27.